The van der Waals surface area contributed by atoms with Crippen molar-refractivity contribution in [3.05, 3.63) is 47.0 Å². The van der Waals surface area contributed by atoms with Crippen LogP contribution >= 0.6 is 0 Å². The van der Waals surface area contributed by atoms with Gasteiger partial charge in [-0.25, -0.2) is 4.99 Å². The van der Waals surface area contributed by atoms with Crippen molar-refractivity contribution < 1.29 is 17.1 Å². The molecule has 0 amide bonds. The SMILES string of the molecule is O=C(C1=NC=C1S(=O)(=O)F)c1ccccc1. The highest BCUT2D eigenvalue weighted by molar-refractivity contribution is 7.91. The van der Waals surface area contributed by atoms with Crippen molar-refractivity contribution in [2.45, 2.75) is 0 Å². The Balaban J connectivity index is 2.28. The lowest BCUT2D eigenvalue weighted by atomic mass is 10.1. The van der Waals surface area contributed by atoms with E-state index in [9.17, 15) is 17.1 Å². The molecule has 0 saturated carbocycles. The molecule has 2 rings (SSSR count). The second kappa shape index (κ2) is 3.64. The maximum Gasteiger partial charge on any atom is 0.335 e. The Morgan fingerprint density at radius 2 is 1.81 bits per heavy atom. The van der Waals surface area contributed by atoms with Crippen LogP contribution in [-0.2, 0) is 10.2 Å². The third-order valence-corrected chi connectivity index (χ3v) is 2.88. The van der Waals surface area contributed by atoms with Gasteiger partial charge >= 0.3 is 10.2 Å². The number of carbonyl (C=O) groups is 1. The molecule has 1 aliphatic heterocycles. The van der Waals surface area contributed by atoms with E-state index in [4.69, 9.17) is 0 Å². The van der Waals surface area contributed by atoms with Gasteiger partial charge in [0.25, 0.3) is 0 Å². The smallest absolute Gasteiger partial charge is 0.287 e. The molecule has 6 heteroatoms. The highest BCUT2D eigenvalue weighted by atomic mass is 32.3. The summed E-state index contributed by atoms with van der Waals surface area (Å²) in [6.07, 6.45) is 0.825. The molecular weight excluding hydrogens is 233 g/mol. The molecule has 0 N–H and O–H groups in total. The zero-order valence-electron chi connectivity index (χ0n) is 7.92. The molecule has 0 atom stereocenters. The van der Waals surface area contributed by atoms with Gasteiger partial charge in [0, 0.05) is 5.56 Å². The molecule has 1 aromatic carbocycles. The van der Waals surface area contributed by atoms with Gasteiger partial charge in [-0.15, -0.1) is 3.89 Å². The Labute approximate surface area is 91.3 Å². The summed E-state index contributed by atoms with van der Waals surface area (Å²) < 4.78 is 33.8. The number of carbonyl (C=O) groups excluding carboxylic acids is 1. The minimum Gasteiger partial charge on any atom is -0.287 e. The van der Waals surface area contributed by atoms with Gasteiger partial charge in [0.05, 0.1) is 6.20 Å². The van der Waals surface area contributed by atoms with Crippen molar-refractivity contribution in [2.75, 3.05) is 0 Å². The molecule has 0 aliphatic carbocycles. The van der Waals surface area contributed by atoms with E-state index in [-0.39, 0.29) is 11.3 Å². The van der Waals surface area contributed by atoms with Crippen LogP contribution in [0.25, 0.3) is 0 Å². The first-order valence-electron chi connectivity index (χ1n) is 4.33. The third-order valence-electron chi connectivity index (χ3n) is 2.06. The fraction of sp³-hybridized carbons (Fsp3) is 0. The number of allylic oxidation sites excluding steroid dienone is 1. The summed E-state index contributed by atoms with van der Waals surface area (Å²) in [4.78, 5) is 14.5. The fourth-order valence-electron chi connectivity index (χ4n) is 1.26. The van der Waals surface area contributed by atoms with E-state index in [0.717, 1.165) is 6.20 Å². The summed E-state index contributed by atoms with van der Waals surface area (Å²) in [7, 11) is -4.86. The first kappa shape index (κ1) is 10.7. The Morgan fingerprint density at radius 3 is 2.25 bits per heavy atom. The average molecular weight is 239 g/mol. The van der Waals surface area contributed by atoms with E-state index in [0.29, 0.717) is 0 Å². The second-order valence-corrected chi connectivity index (χ2v) is 4.42. The molecule has 0 aromatic heterocycles. The molecule has 0 unspecified atom stereocenters. The summed E-state index contributed by atoms with van der Waals surface area (Å²) in [6, 6.07) is 7.97. The Kier molecular flexibility index (Phi) is 2.43. The van der Waals surface area contributed by atoms with Gasteiger partial charge < -0.3 is 0 Å². The number of ketones is 1. The highest BCUT2D eigenvalue weighted by Gasteiger charge is 2.32. The van der Waals surface area contributed by atoms with Crippen molar-refractivity contribution in [3.63, 3.8) is 0 Å². The van der Waals surface area contributed by atoms with Crippen LogP contribution in [0.3, 0.4) is 0 Å². The molecule has 82 valence electrons. The zero-order chi connectivity index (χ0) is 11.8. The monoisotopic (exact) mass is 239 g/mol. The van der Waals surface area contributed by atoms with Crippen LogP contribution < -0.4 is 0 Å². The molecule has 1 aliphatic rings. The van der Waals surface area contributed by atoms with Gasteiger partial charge in [-0.3, -0.25) is 4.79 Å². The van der Waals surface area contributed by atoms with Crippen molar-refractivity contribution in [1.29, 1.82) is 0 Å². The number of hydrogen-bond donors (Lipinski definition) is 0. The molecule has 0 bridgehead atoms. The molecule has 0 saturated heterocycles. The van der Waals surface area contributed by atoms with Crippen LogP contribution in [0.4, 0.5) is 3.89 Å². The molecule has 1 aromatic rings. The van der Waals surface area contributed by atoms with Gasteiger partial charge in [0.2, 0.25) is 5.78 Å². The molecule has 0 spiro atoms. The first-order valence-corrected chi connectivity index (χ1v) is 5.71. The topological polar surface area (TPSA) is 63.6 Å². The van der Waals surface area contributed by atoms with E-state index >= 15 is 0 Å². The van der Waals surface area contributed by atoms with Crippen LogP contribution in [0, 0.1) is 0 Å². The van der Waals surface area contributed by atoms with Gasteiger partial charge in [-0.1, -0.05) is 30.3 Å². The lowest BCUT2D eigenvalue weighted by molar-refractivity contribution is 0.106. The lowest BCUT2D eigenvalue weighted by Gasteiger charge is -2.11. The van der Waals surface area contributed by atoms with Gasteiger partial charge in [0.15, 0.2) is 0 Å². The van der Waals surface area contributed by atoms with Crippen LogP contribution in [-0.4, -0.2) is 19.9 Å². The largest absolute Gasteiger partial charge is 0.335 e. The average Bonchev–Trinajstić information content (AvgIpc) is 2.14. The predicted molar refractivity (Wildman–Crippen MR) is 56.3 cm³/mol. The summed E-state index contributed by atoms with van der Waals surface area (Å²) in [5.41, 5.74) is -0.0794. The van der Waals surface area contributed by atoms with Crippen molar-refractivity contribution in [1.82, 2.24) is 0 Å². The molecule has 1 heterocycles. The van der Waals surface area contributed by atoms with Crippen molar-refractivity contribution in [3.8, 4) is 0 Å². The minimum atomic E-state index is -4.86. The number of rotatable bonds is 3. The maximum atomic E-state index is 12.6. The van der Waals surface area contributed by atoms with E-state index in [1.807, 2.05) is 0 Å². The van der Waals surface area contributed by atoms with Gasteiger partial charge in [-0.05, 0) is 0 Å². The summed E-state index contributed by atoms with van der Waals surface area (Å²) >= 11 is 0. The molecule has 0 fully saturated rings. The number of halogens is 1. The van der Waals surface area contributed by atoms with Crippen LogP contribution in [0.5, 0.6) is 0 Å². The maximum absolute atomic E-state index is 12.6. The van der Waals surface area contributed by atoms with E-state index in [2.05, 4.69) is 4.99 Å². The highest BCUT2D eigenvalue weighted by Crippen LogP contribution is 2.21. The normalized spacial score (nSPS) is 14.8. The van der Waals surface area contributed by atoms with Gasteiger partial charge in [-0.2, -0.15) is 8.42 Å². The number of Topliss-reactive ketones (excluding diaryl/α,β-unsaturated/α-hetero) is 1. The standard InChI is InChI=1S/C10H6FNO3S/c11-16(14,15)8-6-12-9(8)10(13)7-4-2-1-3-5-7/h1-6H. The molecule has 4 nitrogen and oxygen atoms in total. The van der Waals surface area contributed by atoms with Crippen molar-refractivity contribution in [2.24, 2.45) is 4.99 Å². The third kappa shape index (κ3) is 1.79. The second-order valence-electron chi connectivity index (χ2n) is 3.10. The first-order chi connectivity index (χ1) is 7.50. The van der Waals surface area contributed by atoms with Crippen LogP contribution in [0.1, 0.15) is 10.4 Å². The summed E-state index contributed by atoms with van der Waals surface area (Å²) in [5, 5.41) is 0. The number of hydrogen-bond acceptors (Lipinski definition) is 4. The number of aliphatic imine (C=N–C) groups is 1. The van der Waals surface area contributed by atoms with E-state index in [1.165, 1.54) is 12.1 Å². The van der Waals surface area contributed by atoms with Gasteiger partial charge in [0.1, 0.15) is 10.6 Å². The quantitative estimate of drug-likeness (QED) is 0.592. The molecule has 16 heavy (non-hydrogen) atoms. The van der Waals surface area contributed by atoms with Crippen molar-refractivity contribution >= 4 is 21.7 Å². The number of benzene rings is 1. The molecule has 0 radical (unpaired) electrons. The molecular formula is C10H6FNO3S. The van der Waals surface area contributed by atoms with E-state index in [1.54, 1.807) is 18.2 Å². The van der Waals surface area contributed by atoms with Crippen LogP contribution in [0.2, 0.25) is 0 Å². The van der Waals surface area contributed by atoms with E-state index < -0.39 is 20.9 Å². The zero-order valence-corrected chi connectivity index (χ0v) is 8.74. The fourth-order valence-corrected chi connectivity index (χ4v) is 1.81. The summed E-state index contributed by atoms with van der Waals surface area (Å²) in [6.45, 7) is 0. The van der Waals surface area contributed by atoms with Crippen LogP contribution in [0.15, 0.2) is 46.4 Å². The Hall–Kier alpha value is -1.82. The predicted octanol–water partition coefficient (Wildman–Crippen LogP) is 1.46. The lowest BCUT2D eigenvalue weighted by Crippen LogP contribution is -2.24. The number of nitrogens with zero attached hydrogens (tertiary/aromatic N) is 1. The Morgan fingerprint density at radius 1 is 1.19 bits per heavy atom. The minimum absolute atomic E-state index is 0.274. The summed E-state index contributed by atoms with van der Waals surface area (Å²) in [5.74, 6) is -0.598. The Bertz CT molecular complexity index is 602.